The molecule has 0 fully saturated rings. The molecule has 122 valence electrons. The van der Waals surface area contributed by atoms with Gasteiger partial charge in [0.25, 0.3) is 5.91 Å². The second-order valence-electron chi connectivity index (χ2n) is 4.78. The summed E-state index contributed by atoms with van der Waals surface area (Å²) in [6, 6.07) is 14.5. The largest absolute Gasteiger partial charge is 0.382 e. The predicted molar refractivity (Wildman–Crippen MR) is 101 cm³/mol. The lowest BCUT2D eigenvalue weighted by atomic mass is 10.3. The van der Waals surface area contributed by atoms with E-state index in [9.17, 15) is 4.79 Å². The second kappa shape index (κ2) is 7.09. The van der Waals surface area contributed by atoms with Crippen LogP contribution < -0.4 is 16.4 Å². The van der Waals surface area contributed by atoms with Gasteiger partial charge >= 0.3 is 0 Å². The Labute approximate surface area is 152 Å². The third-order valence-electron chi connectivity index (χ3n) is 3.08. The van der Waals surface area contributed by atoms with Crippen LogP contribution in [0.4, 0.5) is 22.3 Å². The summed E-state index contributed by atoms with van der Waals surface area (Å²) in [5.74, 6) is -0.246. The number of para-hydroxylation sites is 1. The van der Waals surface area contributed by atoms with Crippen molar-refractivity contribution in [3.63, 3.8) is 0 Å². The van der Waals surface area contributed by atoms with Gasteiger partial charge in [0.1, 0.15) is 10.7 Å². The highest BCUT2D eigenvalue weighted by Gasteiger charge is 2.18. The number of hydrogen-bond donors (Lipinski definition) is 3. The Bertz CT molecular complexity index is 883. The van der Waals surface area contributed by atoms with Crippen LogP contribution in [0.5, 0.6) is 0 Å². The molecule has 0 aliphatic rings. The summed E-state index contributed by atoms with van der Waals surface area (Å²) in [4.78, 5) is 16.9. The minimum Gasteiger partial charge on any atom is -0.382 e. The minimum absolute atomic E-state index is 0.147. The van der Waals surface area contributed by atoms with Gasteiger partial charge in [-0.2, -0.15) is 0 Å². The molecule has 1 amide bonds. The van der Waals surface area contributed by atoms with Gasteiger partial charge in [0.2, 0.25) is 0 Å². The Balaban J connectivity index is 1.79. The molecule has 1 heterocycles. The molecule has 1 aromatic heterocycles. The molecule has 3 aromatic rings. The van der Waals surface area contributed by atoms with Crippen LogP contribution in [0.25, 0.3) is 0 Å². The minimum atomic E-state index is -0.393. The zero-order valence-electron chi connectivity index (χ0n) is 12.2. The molecule has 0 aliphatic carbocycles. The van der Waals surface area contributed by atoms with Crippen LogP contribution in [0.2, 0.25) is 10.0 Å². The number of hydrogen-bond acceptors (Lipinski definition) is 5. The number of halogens is 2. The third kappa shape index (κ3) is 3.62. The zero-order chi connectivity index (χ0) is 17.1. The SMILES string of the molecule is Nc1nc(Nc2ccccc2)sc1C(=O)Nc1cccc(Cl)c1Cl. The van der Waals surface area contributed by atoms with E-state index < -0.39 is 5.91 Å². The van der Waals surface area contributed by atoms with Gasteiger partial charge in [-0.15, -0.1) is 0 Å². The monoisotopic (exact) mass is 378 g/mol. The maximum absolute atomic E-state index is 12.4. The topological polar surface area (TPSA) is 80.0 Å². The van der Waals surface area contributed by atoms with Crippen molar-refractivity contribution in [2.45, 2.75) is 0 Å². The second-order valence-corrected chi connectivity index (χ2v) is 6.56. The van der Waals surface area contributed by atoms with Crippen LogP contribution >= 0.6 is 34.5 Å². The fraction of sp³-hybridized carbons (Fsp3) is 0. The van der Waals surface area contributed by atoms with Gasteiger partial charge in [-0.3, -0.25) is 4.79 Å². The van der Waals surface area contributed by atoms with E-state index in [0.29, 0.717) is 20.7 Å². The normalized spacial score (nSPS) is 10.4. The summed E-state index contributed by atoms with van der Waals surface area (Å²) in [5, 5.41) is 6.96. The number of nitrogens with zero attached hydrogens (tertiary/aromatic N) is 1. The molecule has 0 spiro atoms. The summed E-state index contributed by atoms with van der Waals surface area (Å²) in [6.45, 7) is 0. The molecule has 0 atom stereocenters. The molecule has 2 aromatic carbocycles. The van der Waals surface area contributed by atoms with E-state index in [1.165, 1.54) is 0 Å². The van der Waals surface area contributed by atoms with Crippen molar-refractivity contribution >= 4 is 62.8 Å². The molecular formula is C16H12Cl2N4OS. The predicted octanol–water partition coefficient (Wildman–Crippen LogP) is 5.03. The molecule has 4 N–H and O–H groups in total. The summed E-state index contributed by atoms with van der Waals surface area (Å²) in [7, 11) is 0. The molecule has 8 heteroatoms. The molecule has 0 unspecified atom stereocenters. The van der Waals surface area contributed by atoms with Crippen LogP contribution in [0.1, 0.15) is 9.67 Å². The van der Waals surface area contributed by atoms with E-state index in [1.807, 2.05) is 30.3 Å². The number of nitrogen functional groups attached to an aromatic ring is 1. The van der Waals surface area contributed by atoms with E-state index in [2.05, 4.69) is 15.6 Å². The Hall–Kier alpha value is -2.28. The number of rotatable bonds is 4. The molecule has 0 saturated carbocycles. The van der Waals surface area contributed by atoms with Crippen molar-refractivity contribution in [3.8, 4) is 0 Å². The first-order chi connectivity index (χ1) is 11.5. The van der Waals surface area contributed by atoms with Crippen molar-refractivity contribution in [3.05, 3.63) is 63.5 Å². The number of carbonyl (C=O) groups is 1. The van der Waals surface area contributed by atoms with E-state index in [-0.39, 0.29) is 10.8 Å². The van der Waals surface area contributed by atoms with Crippen molar-refractivity contribution < 1.29 is 4.79 Å². The first-order valence-electron chi connectivity index (χ1n) is 6.88. The van der Waals surface area contributed by atoms with Gasteiger partial charge in [-0.1, -0.05) is 58.8 Å². The Morgan fingerprint density at radius 1 is 1.08 bits per heavy atom. The highest BCUT2D eigenvalue weighted by Crippen LogP contribution is 2.32. The van der Waals surface area contributed by atoms with Gasteiger partial charge in [0, 0.05) is 5.69 Å². The van der Waals surface area contributed by atoms with Crippen LogP contribution in [-0.2, 0) is 0 Å². The van der Waals surface area contributed by atoms with Crippen LogP contribution in [0.3, 0.4) is 0 Å². The molecule has 3 rings (SSSR count). The molecule has 5 nitrogen and oxygen atoms in total. The van der Waals surface area contributed by atoms with Crippen LogP contribution in [0, 0.1) is 0 Å². The molecular weight excluding hydrogens is 367 g/mol. The summed E-state index contributed by atoms with van der Waals surface area (Å²) in [5.41, 5.74) is 7.13. The van der Waals surface area contributed by atoms with Gasteiger partial charge < -0.3 is 16.4 Å². The Kier molecular flexibility index (Phi) is 4.89. The molecule has 0 radical (unpaired) electrons. The standard InChI is InChI=1S/C16H12Cl2N4OS/c17-10-7-4-8-11(12(10)18)21-15(23)13-14(19)22-16(24-13)20-9-5-2-1-3-6-9/h1-8H,19H2,(H,20,22)(H,21,23). The van der Waals surface area contributed by atoms with Crippen molar-refractivity contribution in [1.29, 1.82) is 0 Å². The quantitative estimate of drug-likeness (QED) is 0.594. The first kappa shape index (κ1) is 16.6. The van der Waals surface area contributed by atoms with Crippen molar-refractivity contribution in [2.75, 3.05) is 16.4 Å². The Morgan fingerprint density at radius 2 is 1.83 bits per heavy atom. The number of nitrogens with one attached hydrogen (secondary N) is 2. The van der Waals surface area contributed by atoms with E-state index in [4.69, 9.17) is 28.9 Å². The van der Waals surface area contributed by atoms with E-state index in [1.54, 1.807) is 18.2 Å². The lowest BCUT2D eigenvalue weighted by molar-refractivity contribution is 0.103. The van der Waals surface area contributed by atoms with Crippen molar-refractivity contribution in [1.82, 2.24) is 4.98 Å². The van der Waals surface area contributed by atoms with Gasteiger partial charge in [0.05, 0.1) is 15.7 Å². The lowest BCUT2D eigenvalue weighted by Crippen LogP contribution is -2.12. The molecule has 24 heavy (non-hydrogen) atoms. The molecule has 0 aliphatic heterocycles. The summed E-state index contributed by atoms with van der Waals surface area (Å²) >= 11 is 13.2. The lowest BCUT2D eigenvalue weighted by Gasteiger charge is -2.07. The third-order valence-corrected chi connectivity index (χ3v) is 4.89. The number of anilines is 4. The smallest absolute Gasteiger partial charge is 0.269 e. The zero-order valence-corrected chi connectivity index (χ0v) is 14.5. The van der Waals surface area contributed by atoms with Gasteiger partial charge in [-0.25, -0.2) is 4.98 Å². The highest BCUT2D eigenvalue weighted by molar-refractivity contribution is 7.18. The number of amides is 1. The number of carbonyl (C=O) groups excluding carboxylic acids is 1. The fourth-order valence-electron chi connectivity index (χ4n) is 1.97. The molecule has 0 bridgehead atoms. The average molecular weight is 379 g/mol. The van der Waals surface area contributed by atoms with Gasteiger partial charge in [-0.05, 0) is 24.3 Å². The van der Waals surface area contributed by atoms with Crippen LogP contribution in [-0.4, -0.2) is 10.9 Å². The van der Waals surface area contributed by atoms with E-state index >= 15 is 0 Å². The fourth-order valence-corrected chi connectivity index (χ4v) is 3.12. The number of nitrogens with two attached hydrogens (primary N) is 1. The van der Waals surface area contributed by atoms with Crippen LogP contribution in [0.15, 0.2) is 48.5 Å². The Morgan fingerprint density at radius 3 is 2.58 bits per heavy atom. The van der Waals surface area contributed by atoms with E-state index in [0.717, 1.165) is 17.0 Å². The summed E-state index contributed by atoms with van der Waals surface area (Å²) in [6.07, 6.45) is 0. The number of thiazole rings is 1. The highest BCUT2D eigenvalue weighted by atomic mass is 35.5. The van der Waals surface area contributed by atoms with Crippen molar-refractivity contribution in [2.24, 2.45) is 0 Å². The maximum atomic E-state index is 12.4. The molecule has 0 saturated heterocycles. The average Bonchev–Trinajstić information content (AvgIpc) is 2.93. The number of benzene rings is 2. The van der Waals surface area contributed by atoms with Gasteiger partial charge in [0.15, 0.2) is 5.13 Å². The summed E-state index contributed by atoms with van der Waals surface area (Å²) < 4.78 is 0. The number of aromatic nitrogens is 1. The first-order valence-corrected chi connectivity index (χ1v) is 8.45. The maximum Gasteiger partial charge on any atom is 0.269 e.